The minimum atomic E-state index is -0.218. The number of hydrogen-bond donors (Lipinski definition) is 2. The fraction of sp³-hybridized carbons (Fsp3) is 0.923. The van der Waals surface area contributed by atoms with Crippen molar-refractivity contribution in [2.24, 2.45) is 16.3 Å². The Balaban J connectivity index is 2.18. The molecule has 1 aliphatic heterocycles. The van der Waals surface area contributed by atoms with Crippen molar-refractivity contribution in [3.05, 3.63) is 0 Å². The van der Waals surface area contributed by atoms with Crippen LogP contribution in [0.5, 0.6) is 0 Å². The molecule has 0 bridgehead atoms. The van der Waals surface area contributed by atoms with Crippen molar-refractivity contribution in [1.29, 1.82) is 0 Å². The summed E-state index contributed by atoms with van der Waals surface area (Å²) in [5.41, 5.74) is 5.45. The monoisotopic (exact) mass is 257 g/mol. The quantitative estimate of drug-likeness (QED) is 0.239. The van der Waals surface area contributed by atoms with Crippen molar-refractivity contribution in [2.45, 2.75) is 45.6 Å². The highest BCUT2D eigenvalue weighted by Crippen LogP contribution is 2.23. The molecule has 1 heterocycles. The third kappa shape index (κ3) is 4.46. The second kappa shape index (κ2) is 6.95. The molecule has 0 aromatic carbocycles. The lowest BCUT2D eigenvalue weighted by molar-refractivity contribution is 0.158. The van der Waals surface area contributed by atoms with Gasteiger partial charge in [-0.05, 0) is 32.9 Å². The number of amidine groups is 1. The molecule has 0 aromatic rings. The van der Waals surface area contributed by atoms with Crippen LogP contribution in [0.15, 0.2) is 5.16 Å². The van der Waals surface area contributed by atoms with Crippen LogP contribution in [0.3, 0.4) is 0 Å². The third-order valence-corrected chi connectivity index (χ3v) is 3.89. The van der Waals surface area contributed by atoms with E-state index in [9.17, 15) is 0 Å². The number of unbranched alkanes of at least 4 members (excludes halogenated alkanes) is 1. The molecule has 0 saturated carbocycles. The maximum absolute atomic E-state index is 8.70. The molecule has 0 amide bonds. The zero-order chi connectivity index (χ0) is 13.6. The molecular weight excluding hydrogens is 230 g/mol. The lowest BCUT2D eigenvalue weighted by atomic mass is 9.86. The first-order valence-electron chi connectivity index (χ1n) is 6.73. The number of rotatable bonds is 7. The molecular formula is C13H27N3O2. The molecule has 0 aliphatic carbocycles. The van der Waals surface area contributed by atoms with Crippen LogP contribution in [0.2, 0.25) is 0 Å². The van der Waals surface area contributed by atoms with Gasteiger partial charge in [0.2, 0.25) is 0 Å². The lowest BCUT2D eigenvalue weighted by Gasteiger charge is -2.25. The van der Waals surface area contributed by atoms with Gasteiger partial charge in [0, 0.05) is 18.1 Å². The smallest absolute Gasteiger partial charge is 0.144 e. The van der Waals surface area contributed by atoms with Crippen LogP contribution in [0.25, 0.3) is 0 Å². The number of hydrogen-bond acceptors (Lipinski definition) is 4. The first-order chi connectivity index (χ1) is 8.47. The second-order valence-corrected chi connectivity index (χ2v) is 5.82. The van der Waals surface area contributed by atoms with Crippen LogP contribution < -0.4 is 5.73 Å². The van der Waals surface area contributed by atoms with Crippen LogP contribution in [0.1, 0.15) is 39.5 Å². The third-order valence-electron chi connectivity index (χ3n) is 3.89. The molecule has 1 unspecified atom stereocenters. The average molecular weight is 257 g/mol. The number of ether oxygens (including phenoxy) is 1. The lowest BCUT2D eigenvalue weighted by Crippen LogP contribution is -2.34. The fourth-order valence-electron chi connectivity index (χ4n) is 2.24. The van der Waals surface area contributed by atoms with Crippen molar-refractivity contribution in [3.63, 3.8) is 0 Å². The van der Waals surface area contributed by atoms with Crippen LogP contribution in [-0.2, 0) is 4.74 Å². The predicted molar refractivity (Wildman–Crippen MR) is 72.9 cm³/mol. The van der Waals surface area contributed by atoms with Gasteiger partial charge in [0.25, 0.3) is 0 Å². The van der Waals surface area contributed by atoms with E-state index in [-0.39, 0.29) is 5.41 Å². The molecule has 5 heteroatoms. The summed E-state index contributed by atoms with van der Waals surface area (Å²) in [6.45, 7) is 6.87. The van der Waals surface area contributed by atoms with E-state index < -0.39 is 0 Å². The van der Waals surface area contributed by atoms with E-state index >= 15 is 0 Å². The SMILES string of the molecule is CN(CCCCC(C)(C)C(N)=NO)C1CCOC1. The summed E-state index contributed by atoms with van der Waals surface area (Å²) in [5, 5.41) is 11.8. The Kier molecular flexibility index (Phi) is 5.88. The molecule has 0 spiro atoms. The molecule has 0 aromatic heterocycles. The van der Waals surface area contributed by atoms with Gasteiger partial charge in [0.1, 0.15) is 5.84 Å². The van der Waals surface area contributed by atoms with Gasteiger partial charge in [-0.15, -0.1) is 0 Å². The Morgan fingerprint density at radius 3 is 2.78 bits per heavy atom. The number of oxime groups is 1. The molecule has 18 heavy (non-hydrogen) atoms. The van der Waals surface area contributed by atoms with Gasteiger partial charge in [-0.25, -0.2) is 0 Å². The summed E-state index contributed by atoms with van der Waals surface area (Å²) < 4.78 is 5.38. The Labute approximate surface area is 110 Å². The van der Waals surface area contributed by atoms with Gasteiger partial charge in [-0.1, -0.05) is 25.4 Å². The molecule has 3 N–H and O–H groups in total. The summed E-state index contributed by atoms with van der Waals surface area (Å²) in [7, 11) is 2.16. The topological polar surface area (TPSA) is 71.1 Å². The normalized spacial score (nSPS) is 21.8. The highest BCUT2D eigenvalue weighted by atomic mass is 16.5. The van der Waals surface area contributed by atoms with E-state index in [1.54, 1.807) is 0 Å². The van der Waals surface area contributed by atoms with Crippen LogP contribution >= 0.6 is 0 Å². The first kappa shape index (κ1) is 15.2. The standard InChI is InChI=1S/C13H27N3O2/c1-13(2,12(14)15-17)7-4-5-8-16(3)11-6-9-18-10-11/h11,17H,4-10H2,1-3H3,(H2,14,15). The maximum atomic E-state index is 8.70. The van der Waals surface area contributed by atoms with Crippen molar-refractivity contribution < 1.29 is 9.94 Å². The molecule has 1 fully saturated rings. The van der Waals surface area contributed by atoms with Gasteiger partial charge in [0.15, 0.2) is 0 Å². The van der Waals surface area contributed by atoms with Crippen molar-refractivity contribution in [3.8, 4) is 0 Å². The molecule has 0 radical (unpaired) electrons. The van der Waals surface area contributed by atoms with Gasteiger partial charge < -0.3 is 20.6 Å². The van der Waals surface area contributed by atoms with E-state index in [2.05, 4.69) is 17.1 Å². The molecule has 1 atom stereocenters. The Bertz CT molecular complexity index is 273. The second-order valence-electron chi connectivity index (χ2n) is 5.82. The number of nitrogens with zero attached hydrogens (tertiary/aromatic N) is 2. The number of nitrogens with two attached hydrogens (primary N) is 1. The Morgan fingerprint density at radius 2 is 2.22 bits per heavy atom. The molecule has 1 saturated heterocycles. The summed E-state index contributed by atoms with van der Waals surface area (Å²) >= 11 is 0. The molecule has 5 nitrogen and oxygen atoms in total. The van der Waals surface area contributed by atoms with Gasteiger partial charge in [0.05, 0.1) is 6.61 Å². The van der Waals surface area contributed by atoms with Crippen LogP contribution in [-0.4, -0.2) is 48.8 Å². The minimum Gasteiger partial charge on any atom is -0.409 e. The van der Waals surface area contributed by atoms with E-state index in [0.717, 1.165) is 45.4 Å². The van der Waals surface area contributed by atoms with Crippen LogP contribution in [0.4, 0.5) is 0 Å². The maximum Gasteiger partial charge on any atom is 0.144 e. The average Bonchev–Trinajstić information content (AvgIpc) is 2.87. The molecule has 106 valence electrons. The van der Waals surface area contributed by atoms with Gasteiger partial charge >= 0.3 is 0 Å². The zero-order valence-corrected chi connectivity index (χ0v) is 11.9. The highest BCUT2D eigenvalue weighted by molar-refractivity contribution is 5.85. The number of likely N-dealkylation sites (N-methyl/N-ethyl adjacent to an activating group) is 1. The van der Waals surface area contributed by atoms with E-state index in [1.165, 1.54) is 0 Å². The van der Waals surface area contributed by atoms with Crippen molar-refractivity contribution in [1.82, 2.24) is 4.90 Å². The van der Waals surface area contributed by atoms with E-state index in [0.29, 0.717) is 11.9 Å². The highest BCUT2D eigenvalue weighted by Gasteiger charge is 2.23. The molecule has 1 rings (SSSR count). The van der Waals surface area contributed by atoms with Gasteiger partial charge in [-0.2, -0.15) is 0 Å². The first-order valence-corrected chi connectivity index (χ1v) is 6.73. The zero-order valence-electron chi connectivity index (χ0n) is 11.9. The van der Waals surface area contributed by atoms with Crippen LogP contribution in [0, 0.1) is 5.41 Å². The van der Waals surface area contributed by atoms with E-state index in [1.807, 2.05) is 13.8 Å². The van der Waals surface area contributed by atoms with E-state index in [4.69, 9.17) is 15.7 Å². The molecule has 1 aliphatic rings. The van der Waals surface area contributed by atoms with Crippen molar-refractivity contribution >= 4 is 5.84 Å². The summed E-state index contributed by atoms with van der Waals surface area (Å²) in [5.74, 6) is 0.319. The fourth-order valence-corrected chi connectivity index (χ4v) is 2.24. The summed E-state index contributed by atoms with van der Waals surface area (Å²) in [4.78, 5) is 2.38. The van der Waals surface area contributed by atoms with Crippen molar-refractivity contribution in [2.75, 3.05) is 26.8 Å². The summed E-state index contributed by atoms with van der Waals surface area (Å²) in [6, 6.07) is 0.585. The largest absolute Gasteiger partial charge is 0.409 e. The summed E-state index contributed by atoms with van der Waals surface area (Å²) in [6.07, 6.45) is 4.31. The predicted octanol–water partition coefficient (Wildman–Crippen LogP) is 1.65. The Hall–Kier alpha value is -0.810. The Morgan fingerprint density at radius 1 is 1.50 bits per heavy atom. The minimum absolute atomic E-state index is 0.218. The van der Waals surface area contributed by atoms with Gasteiger partial charge in [-0.3, -0.25) is 0 Å².